The first-order chi connectivity index (χ1) is 12.3. The van der Waals surface area contributed by atoms with Crippen molar-refractivity contribution < 1.29 is 19.4 Å². The predicted octanol–water partition coefficient (Wildman–Crippen LogP) is 4.61. The number of carbonyl (C=O) groups is 2. The summed E-state index contributed by atoms with van der Waals surface area (Å²) in [5.74, 6) is -0.383. The van der Waals surface area contributed by atoms with Crippen LogP contribution < -0.4 is 5.32 Å². The number of amides is 1. The van der Waals surface area contributed by atoms with Crippen molar-refractivity contribution in [2.75, 3.05) is 0 Å². The van der Waals surface area contributed by atoms with Gasteiger partial charge in [0.25, 0.3) is 0 Å². The molecule has 2 rings (SSSR count). The third kappa shape index (κ3) is 5.75. The molecular formula is C21H31NO4. The Morgan fingerprint density at radius 1 is 1.23 bits per heavy atom. The first-order valence-corrected chi connectivity index (χ1v) is 9.51. The average molecular weight is 361 g/mol. The molecule has 1 amide bonds. The Morgan fingerprint density at radius 2 is 1.92 bits per heavy atom. The van der Waals surface area contributed by atoms with Crippen molar-refractivity contribution in [1.82, 2.24) is 5.32 Å². The van der Waals surface area contributed by atoms with Gasteiger partial charge in [0.05, 0.1) is 6.42 Å². The molecule has 1 aliphatic rings. The predicted molar refractivity (Wildman–Crippen MR) is 101 cm³/mol. The van der Waals surface area contributed by atoms with Crippen LogP contribution in [0.3, 0.4) is 0 Å². The molecule has 1 aromatic rings. The molecule has 26 heavy (non-hydrogen) atoms. The van der Waals surface area contributed by atoms with Crippen molar-refractivity contribution >= 4 is 12.1 Å². The van der Waals surface area contributed by atoms with Crippen LogP contribution in [0.25, 0.3) is 0 Å². The first kappa shape index (κ1) is 20.3. The maximum atomic E-state index is 12.2. The maximum Gasteiger partial charge on any atom is 0.407 e. The van der Waals surface area contributed by atoms with Crippen LogP contribution in [-0.4, -0.2) is 23.2 Å². The van der Waals surface area contributed by atoms with Crippen LogP contribution in [0.5, 0.6) is 0 Å². The Labute approximate surface area is 156 Å². The highest BCUT2D eigenvalue weighted by Crippen LogP contribution is 2.43. The third-order valence-electron chi connectivity index (χ3n) is 5.95. The minimum atomic E-state index is -0.811. The Hall–Kier alpha value is -2.04. The largest absolute Gasteiger partial charge is 0.481 e. The Balaban J connectivity index is 1.93. The molecule has 0 spiro atoms. The number of carboxylic acid groups (broad SMARTS) is 1. The second-order valence-electron chi connectivity index (χ2n) is 8.02. The number of rotatable bonds is 7. The Kier molecular flexibility index (Phi) is 7.06. The molecular weight excluding hydrogens is 330 g/mol. The second-order valence-corrected chi connectivity index (χ2v) is 8.02. The van der Waals surface area contributed by atoms with Crippen LogP contribution in [0.2, 0.25) is 0 Å². The Morgan fingerprint density at radius 3 is 2.54 bits per heavy atom. The highest BCUT2D eigenvalue weighted by atomic mass is 16.5. The molecule has 2 N–H and O–H groups in total. The number of benzene rings is 1. The van der Waals surface area contributed by atoms with Crippen molar-refractivity contribution in [3.05, 3.63) is 35.9 Å². The van der Waals surface area contributed by atoms with E-state index >= 15 is 0 Å². The molecule has 0 aromatic heterocycles. The summed E-state index contributed by atoms with van der Waals surface area (Å²) in [6.07, 6.45) is 3.31. The van der Waals surface area contributed by atoms with E-state index in [-0.39, 0.29) is 30.4 Å². The van der Waals surface area contributed by atoms with Crippen molar-refractivity contribution in [3.63, 3.8) is 0 Å². The zero-order chi connectivity index (χ0) is 19.2. The molecule has 0 heterocycles. The number of hydrogen-bond acceptors (Lipinski definition) is 3. The summed E-state index contributed by atoms with van der Waals surface area (Å²) in [6, 6.07) is 9.37. The van der Waals surface area contributed by atoms with Crippen molar-refractivity contribution in [2.24, 2.45) is 17.3 Å². The van der Waals surface area contributed by atoms with Gasteiger partial charge in [-0.3, -0.25) is 4.79 Å². The van der Waals surface area contributed by atoms with E-state index in [9.17, 15) is 14.7 Å². The number of carbonyl (C=O) groups excluding carboxylic acids is 1. The lowest BCUT2D eigenvalue weighted by atomic mass is 9.65. The van der Waals surface area contributed by atoms with E-state index in [0.717, 1.165) is 31.2 Å². The number of alkyl carbamates (subject to hydrolysis) is 1. The fraction of sp³-hybridized carbons (Fsp3) is 0.619. The molecule has 1 aliphatic carbocycles. The molecule has 3 atom stereocenters. The van der Waals surface area contributed by atoms with Crippen LogP contribution in [0.15, 0.2) is 30.3 Å². The molecule has 0 saturated heterocycles. The number of aliphatic carboxylic acids is 1. The number of hydrogen-bond donors (Lipinski definition) is 2. The van der Waals surface area contributed by atoms with Gasteiger partial charge >= 0.3 is 12.1 Å². The summed E-state index contributed by atoms with van der Waals surface area (Å²) in [5, 5.41) is 12.2. The van der Waals surface area contributed by atoms with Crippen LogP contribution in [-0.2, 0) is 16.1 Å². The van der Waals surface area contributed by atoms with Crippen molar-refractivity contribution in [3.8, 4) is 0 Å². The van der Waals surface area contributed by atoms with Gasteiger partial charge in [0.2, 0.25) is 0 Å². The van der Waals surface area contributed by atoms with Gasteiger partial charge in [-0.15, -0.1) is 0 Å². The third-order valence-corrected chi connectivity index (χ3v) is 5.95. The molecule has 0 radical (unpaired) electrons. The number of carboxylic acids is 1. The highest BCUT2D eigenvalue weighted by molar-refractivity contribution is 5.69. The first-order valence-electron chi connectivity index (χ1n) is 9.51. The molecule has 0 aliphatic heterocycles. The fourth-order valence-corrected chi connectivity index (χ4v) is 3.82. The smallest absolute Gasteiger partial charge is 0.407 e. The van der Waals surface area contributed by atoms with Crippen molar-refractivity contribution in [2.45, 2.75) is 65.5 Å². The van der Waals surface area contributed by atoms with Gasteiger partial charge < -0.3 is 15.2 Å². The second kappa shape index (κ2) is 9.06. The van der Waals surface area contributed by atoms with E-state index < -0.39 is 12.1 Å². The number of nitrogens with one attached hydrogen (secondary N) is 1. The highest BCUT2D eigenvalue weighted by Gasteiger charge is 2.38. The van der Waals surface area contributed by atoms with Gasteiger partial charge in [-0.2, -0.15) is 0 Å². The monoisotopic (exact) mass is 361 g/mol. The van der Waals surface area contributed by atoms with Gasteiger partial charge in [0.1, 0.15) is 6.61 Å². The quantitative estimate of drug-likeness (QED) is 0.744. The maximum absolute atomic E-state index is 12.2. The normalized spacial score (nSPS) is 23.3. The van der Waals surface area contributed by atoms with Crippen molar-refractivity contribution in [1.29, 1.82) is 0 Å². The van der Waals surface area contributed by atoms with Gasteiger partial charge in [-0.1, -0.05) is 57.5 Å². The average Bonchev–Trinajstić information content (AvgIpc) is 2.61. The topological polar surface area (TPSA) is 75.6 Å². The molecule has 0 bridgehead atoms. The van der Waals surface area contributed by atoms with E-state index in [1.165, 1.54) is 0 Å². The number of ether oxygens (including phenoxy) is 1. The molecule has 5 nitrogen and oxygen atoms in total. The van der Waals surface area contributed by atoms with E-state index in [1.807, 2.05) is 30.3 Å². The Bertz CT molecular complexity index is 599. The van der Waals surface area contributed by atoms with Gasteiger partial charge in [0, 0.05) is 6.04 Å². The van der Waals surface area contributed by atoms with Crippen LogP contribution >= 0.6 is 0 Å². The lowest BCUT2D eigenvalue weighted by Crippen LogP contribution is -2.46. The summed E-state index contributed by atoms with van der Waals surface area (Å²) in [5.41, 5.74) is 1.12. The lowest BCUT2D eigenvalue weighted by Gasteiger charge is -2.42. The molecule has 3 unspecified atom stereocenters. The van der Waals surface area contributed by atoms with Crippen LogP contribution in [0.4, 0.5) is 4.79 Å². The van der Waals surface area contributed by atoms with Gasteiger partial charge in [0.15, 0.2) is 0 Å². The summed E-state index contributed by atoms with van der Waals surface area (Å²) in [4.78, 5) is 23.5. The van der Waals surface area contributed by atoms with E-state index in [1.54, 1.807) is 0 Å². The standard InChI is InChI=1S/C21H31NO4/c1-4-21(2,3)17-10-11-18(16(12-17)13-19(23)24)22-20(25)26-14-15-8-6-5-7-9-15/h5-9,16-18H,4,10-14H2,1-3H3,(H,22,25)(H,23,24). The van der Waals surface area contributed by atoms with Crippen LogP contribution in [0, 0.1) is 17.3 Å². The van der Waals surface area contributed by atoms with E-state index in [0.29, 0.717) is 5.92 Å². The molecule has 144 valence electrons. The lowest BCUT2D eigenvalue weighted by molar-refractivity contribution is -0.139. The summed E-state index contributed by atoms with van der Waals surface area (Å²) in [6.45, 7) is 6.89. The zero-order valence-electron chi connectivity index (χ0n) is 16.0. The molecule has 1 fully saturated rings. The summed E-state index contributed by atoms with van der Waals surface area (Å²) in [7, 11) is 0. The fourth-order valence-electron chi connectivity index (χ4n) is 3.82. The minimum absolute atomic E-state index is 0.0543. The molecule has 5 heteroatoms. The minimum Gasteiger partial charge on any atom is -0.481 e. The molecule has 1 aromatic carbocycles. The van der Waals surface area contributed by atoms with Crippen LogP contribution in [0.1, 0.15) is 58.4 Å². The van der Waals surface area contributed by atoms with Gasteiger partial charge in [-0.25, -0.2) is 4.79 Å². The summed E-state index contributed by atoms with van der Waals surface area (Å²) >= 11 is 0. The van der Waals surface area contributed by atoms with E-state index in [4.69, 9.17) is 4.74 Å². The van der Waals surface area contributed by atoms with Gasteiger partial charge in [-0.05, 0) is 42.1 Å². The zero-order valence-corrected chi connectivity index (χ0v) is 16.0. The molecule has 1 saturated carbocycles. The summed E-state index contributed by atoms with van der Waals surface area (Å²) < 4.78 is 5.30. The SMILES string of the molecule is CCC(C)(C)C1CCC(NC(=O)OCc2ccccc2)C(CC(=O)O)C1. The van der Waals surface area contributed by atoms with E-state index in [2.05, 4.69) is 26.1 Å².